The van der Waals surface area contributed by atoms with Crippen LogP contribution in [0.1, 0.15) is 135 Å². The average Bonchev–Trinajstić information content (AvgIpc) is 3.14. The summed E-state index contributed by atoms with van der Waals surface area (Å²) in [6.07, 6.45) is 29.4. The van der Waals surface area contributed by atoms with Gasteiger partial charge in [0.2, 0.25) is 0 Å². The Labute approximate surface area is 160 Å². The first-order valence-electron chi connectivity index (χ1n) is 12.2. The van der Waals surface area contributed by atoms with E-state index < -0.39 is 0 Å². The van der Waals surface area contributed by atoms with E-state index in [1.54, 1.807) is 0 Å². The topological polar surface area (TPSA) is 3.24 Å². The van der Waals surface area contributed by atoms with E-state index in [0.717, 1.165) is 0 Å². The molecule has 25 heavy (non-hydrogen) atoms. The molecule has 0 aromatic rings. The molecular formula is C24H49N. The highest BCUT2D eigenvalue weighted by Crippen LogP contribution is 2.15. The van der Waals surface area contributed by atoms with Crippen molar-refractivity contribution in [2.75, 3.05) is 19.6 Å². The molecule has 1 saturated heterocycles. The van der Waals surface area contributed by atoms with Gasteiger partial charge in [0, 0.05) is 0 Å². The van der Waals surface area contributed by atoms with E-state index in [1.165, 1.54) is 148 Å². The fraction of sp³-hybridized carbons (Fsp3) is 1.00. The van der Waals surface area contributed by atoms with Crippen LogP contribution < -0.4 is 0 Å². The Balaban J connectivity index is 1.63. The molecule has 0 N–H and O–H groups in total. The van der Waals surface area contributed by atoms with Crippen molar-refractivity contribution in [3.8, 4) is 0 Å². The van der Waals surface area contributed by atoms with Crippen LogP contribution in [0.2, 0.25) is 0 Å². The zero-order chi connectivity index (χ0) is 17.8. The Kier molecular flexibility index (Phi) is 17.2. The number of hydrogen-bond acceptors (Lipinski definition) is 1. The first kappa shape index (κ1) is 23.0. The average molecular weight is 352 g/mol. The molecule has 0 bridgehead atoms. The maximum absolute atomic E-state index is 2.66. The first-order valence-corrected chi connectivity index (χ1v) is 12.2. The molecule has 0 radical (unpaired) electrons. The van der Waals surface area contributed by atoms with E-state index in [4.69, 9.17) is 0 Å². The lowest BCUT2D eigenvalue weighted by Crippen LogP contribution is -2.20. The summed E-state index contributed by atoms with van der Waals surface area (Å²) in [5, 5.41) is 0. The molecule has 1 heterocycles. The molecule has 0 amide bonds. The predicted octanol–water partition coefficient (Wildman–Crippen LogP) is 8.12. The summed E-state index contributed by atoms with van der Waals surface area (Å²) >= 11 is 0. The molecule has 1 aliphatic rings. The number of rotatable bonds is 19. The summed E-state index contributed by atoms with van der Waals surface area (Å²) in [6, 6.07) is 0. The van der Waals surface area contributed by atoms with Gasteiger partial charge in [-0.1, -0.05) is 116 Å². The van der Waals surface area contributed by atoms with E-state index in [1.807, 2.05) is 0 Å². The summed E-state index contributed by atoms with van der Waals surface area (Å²) in [4.78, 5) is 2.66. The largest absolute Gasteiger partial charge is 0.303 e. The van der Waals surface area contributed by atoms with Gasteiger partial charge in [-0.25, -0.2) is 0 Å². The lowest BCUT2D eigenvalue weighted by molar-refractivity contribution is 0.327. The van der Waals surface area contributed by atoms with Crippen molar-refractivity contribution >= 4 is 0 Å². The standard InChI is InChI=1S/C24H49N/c1-2-3-4-5-6-7-8-9-10-11-12-13-14-15-16-17-18-19-22-25-23-20-21-24-25/h2-24H2,1H3. The molecule has 0 spiro atoms. The fourth-order valence-electron chi connectivity index (χ4n) is 4.24. The summed E-state index contributed by atoms with van der Waals surface area (Å²) in [5.41, 5.74) is 0. The molecule has 0 aromatic carbocycles. The lowest BCUT2D eigenvalue weighted by Gasteiger charge is -2.13. The highest BCUT2D eigenvalue weighted by Gasteiger charge is 2.09. The van der Waals surface area contributed by atoms with Crippen molar-refractivity contribution < 1.29 is 0 Å². The molecule has 1 heteroatoms. The molecule has 1 rings (SSSR count). The molecule has 0 aromatic heterocycles. The quantitative estimate of drug-likeness (QED) is 0.212. The second-order valence-electron chi connectivity index (χ2n) is 8.56. The van der Waals surface area contributed by atoms with Crippen LogP contribution in [0.25, 0.3) is 0 Å². The SMILES string of the molecule is CCCCCCCCCCCCCCCCCCCCN1CCCC1. The van der Waals surface area contributed by atoms with Gasteiger partial charge in [0.1, 0.15) is 0 Å². The van der Waals surface area contributed by atoms with Crippen LogP contribution in [0.15, 0.2) is 0 Å². The van der Waals surface area contributed by atoms with Crippen LogP contribution in [0, 0.1) is 0 Å². The van der Waals surface area contributed by atoms with Crippen molar-refractivity contribution in [1.82, 2.24) is 4.90 Å². The zero-order valence-corrected chi connectivity index (χ0v) is 17.7. The van der Waals surface area contributed by atoms with Gasteiger partial charge in [-0.15, -0.1) is 0 Å². The second kappa shape index (κ2) is 18.7. The Hall–Kier alpha value is -0.0400. The summed E-state index contributed by atoms with van der Waals surface area (Å²) in [6.45, 7) is 6.42. The smallest absolute Gasteiger partial charge is 0.00183 e. The molecule has 0 atom stereocenters. The summed E-state index contributed by atoms with van der Waals surface area (Å²) < 4.78 is 0. The van der Waals surface area contributed by atoms with Gasteiger partial charge in [-0.3, -0.25) is 0 Å². The molecule has 0 unspecified atom stereocenters. The Bertz CT molecular complexity index is 244. The van der Waals surface area contributed by atoms with Crippen LogP contribution in [-0.2, 0) is 0 Å². The Morgan fingerprint density at radius 1 is 0.440 bits per heavy atom. The fourth-order valence-corrected chi connectivity index (χ4v) is 4.24. The van der Waals surface area contributed by atoms with Crippen molar-refractivity contribution in [1.29, 1.82) is 0 Å². The highest BCUT2D eigenvalue weighted by atomic mass is 15.1. The van der Waals surface area contributed by atoms with Gasteiger partial charge >= 0.3 is 0 Å². The van der Waals surface area contributed by atoms with E-state index in [0.29, 0.717) is 0 Å². The van der Waals surface area contributed by atoms with Crippen molar-refractivity contribution in [2.24, 2.45) is 0 Å². The van der Waals surface area contributed by atoms with Crippen LogP contribution in [-0.4, -0.2) is 24.5 Å². The predicted molar refractivity (Wildman–Crippen MR) is 114 cm³/mol. The van der Waals surface area contributed by atoms with Gasteiger partial charge < -0.3 is 4.90 Å². The highest BCUT2D eigenvalue weighted by molar-refractivity contribution is 4.65. The minimum absolute atomic E-state index is 1.37. The van der Waals surface area contributed by atoms with Crippen molar-refractivity contribution in [3.05, 3.63) is 0 Å². The molecule has 1 aliphatic heterocycles. The zero-order valence-electron chi connectivity index (χ0n) is 17.7. The van der Waals surface area contributed by atoms with E-state index in [-0.39, 0.29) is 0 Å². The Morgan fingerprint density at radius 3 is 1.12 bits per heavy atom. The summed E-state index contributed by atoms with van der Waals surface area (Å²) in [7, 11) is 0. The molecule has 0 saturated carbocycles. The molecule has 1 fully saturated rings. The monoisotopic (exact) mass is 351 g/mol. The van der Waals surface area contributed by atoms with Gasteiger partial charge in [-0.2, -0.15) is 0 Å². The second-order valence-corrected chi connectivity index (χ2v) is 8.56. The number of likely N-dealkylation sites (tertiary alicyclic amines) is 1. The van der Waals surface area contributed by atoms with Crippen LogP contribution in [0.5, 0.6) is 0 Å². The molecule has 0 aliphatic carbocycles. The normalized spacial score (nSPS) is 15.2. The van der Waals surface area contributed by atoms with E-state index in [9.17, 15) is 0 Å². The third-order valence-electron chi connectivity index (χ3n) is 6.03. The van der Waals surface area contributed by atoms with Crippen LogP contribution >= 0.6 is 0 Å². The molecule has 150 valence electrons. The maximum Gasteiger partial charge on any atom is -0.00183 e. The van der Waals surface area contributed by atoms with Crippen LogP contribution in [0.4, 0.5) is 0 Å². The molecular weight excluding hydrogens is 302 g/mol. The number of hydrogen-bond donors (Lipinski definition) is 0. The lowest BCUT2D eigenvalue weighted by atomic mass is 10.0. The van der Waals surface area contributed by atoms with E-state index >= 15 is 0 Å². The van der Waals surface area contributed by atoms with Gasteiger partial charge in [-0.05, 0) is 38.9 Å². The maximum atomic E-state index is 2.66. The van der Waals surface area contributed by atoms with Crippen molar-refractivity contribution in [2.45, 2.75) is 135 Å². The third-order valence-corrected chi connectivity index (χ3v) is 6.03. The summed E-state index contributed by atoms with van der Waals surface area (Å²) in [5.74, 6) is 0. The third kappa shape index (κ3) is 15.9. The van der Waals surface area contributed by atoms with Gasteiger partial charge in [0.25, 0.3) is 0 Å². The van der Waals surface area contributed by atoms with Gasteiger partial charge in [0.05, 0.1) is 0 Å². The van der Waals surface area contributed by atoms with Gasteiger partial charge in [0.15, 0.2) is 0 Å². The van der Waals surface area contributed by atoms with E-state index in [2.05, 4.69) is 11.8 Å². The number of nitrogens with zero attached hydrogens (tertiary/aromatic N) is 1. The Morgan fingerprint density at radius 2 is 0.760 bits per heavy atom. The molecule has 1 nitrogen and oxygen atoms in total. The van der Waals surface area contributed by atoms with Crippen molar-refractivity contribution in [3.63, 3.8) is 0 Å². The van der Waals surface area contributed by atoms with Crippen LogP contribution in [0.3, 0.4) is 0 Å². The minimum Gasteiger partial charge on any atom is -0.303 e. The number of unbranched alkanes of at least 4 members (excludes halogenated alkanes) is 17. The first-order chi connectivity index (χ1) is 12.4. The minimum atomic E-state index is 1.37.